The smallest absolute Gasteiger partial charge is 0.0643 e. The minimum atomic E-state index is 0.00308. The second-order valence-electron chi connectivity index (χ2n) is 3.87. The van der Waals surface area contributed by atoms with Crippen LogP contribution in [-0.4, -0.2) is 4.83 Å². The van der Waals surface area contributed by atoms with Crippen molar-refractivity contribution in [3.05, 3.63) is 41.5 Å². The first kappa shape index (κ1) is 10.4. The molecule has 74 valence electrons. The summed E-state index contributed by atoms with van der Waals surface area (Å²) >= 11 is 7.49. The van der Waals surface area contributed by atoms with E-state index in [1.807, 2.05) is 0 Å². The van der Waals surface area contributed by atoms with Crippen LogP contribution in [0.2, 0.25) is 0 Å². The van der Waals surface area contributed by atoms with Crippen molar-refractivity contribution in [1.29, 1.82) is 0 Å². The van der Waals surface area contributed by atoms with Crippen molar-refractivity contribution in [1.82, 2.24) is 0 Å². The van der Waals surface area contributed by atoms with Crippen molar-refractivity contribution in [2.24, 2.45) is 0 Å². The molecule has 2 rings (SSSR count). The van der Waals surface area contributed by atoms with Crippen LogP contribution in [0.4, 0.5) is 0 Å². The maximum atomic E-state index is 3.79. The molecule has 2 heteroatoms. The molecule has 0 spiro atoms. The van der Waals surface area contributed by atoms with Crippen LogP contribution in [-0.2, 0) is 4.32 Å². The third-order valence-corrected chi connectivity index (χ3v) is 5.51. The molecule has 1 aliphatic rings. The predicted molar refractivity (Wildman–Crippen MR) is 69.1 cm³/mol. The van der Waals surface area contributed by atoms with Crippen molar-refractivity contribution >= 4 is 37.4 Å². The van der Waals surface area contributed by atoms with Crippen molar-refractivity contribution in [3.63, 3.8) is 0 Å². The number of alkyl halides is 2. The third-order valence-electron chi connectivity index (χ3n) is 2.79. The molecule has 14 heavy (non-hydrogen) atoms. The van der Waals surface area contributed by atoms with Gasteiger partial charge in [0.25, 0.3) is 0 Å². The average Bonchev–Trinajstić information content (AvgIpc) is 2.16. The van der Waals surface area contributed by atoms with Crippen LogP contribution in [0.3, 0.4) is 0 Å². The van der Waals surface area contributed by atoms with Gasteiger partial charge in [-0.3, -0.25) is 0 Å². The molecule has 0 bridgehead atoms. The van der Waals surface area contributed by atoms with Crippen molar-refractivity contribution in [2.45, 2.75) is 23.0 Å². The molecule has 0 fully saturated rings. The molecule has 0 amide bonds. The summed E-state index contributed by atoms with van der Waals surface area (Å²) in [4.78, 5) is 0.352. The Hall–Kier alpha value is -0.0800. The van der Waals surface area contributed by atoms with Gasteiger partial charge >= 0.3 is 0 Å². The van der Waals surface area contributed by atoms with Gasteiger partial charge in [0, 0.05) is 0 Å². The fourth-order valence-corrected chi connectivity index (χ4v) is 2.99. The number of benzene rings is 1. The highest BCUT2D eigenvalue weighted by Gasteiger charge is 2.35. The Kier molecular flexibility index (Phi) is 2.61. The molecule has 0 aromatic heterocycles. The first-order valence-electron chi connectivity index (χ1n) is 4.65. The minimum absolute atomic E-state index is 0.00308. The normalized spacial score (nSPS) is 30.9. The summed E-state index contributed by atoms with van der Waals surface area (Å²) in [6.07, 6.45) is 2.26. The number of hydrogen-bond acceptors (Lipinski definition) is 0. The van der Waals surface area contributed by atoms with E-state index >= 15 is 0 Å². The number of hydrogen-bond donors (Lipinski definition) is 0. The summed E-state index contributed by atoms with van der Waals surface area (Å²) in [5.41, 5.74) is 4.06. The lowest BCUT2D eigenvalue weighted by atomic mass is 9.84. The lowest BCUT2D eigenvalue weighted by Gasteiger charge is -2.33. The Balaban J connectivity index is 2.67. The van der Waals surface area contributed by atoms with Crippen molar-refractivity contribution in [3.8, 4) is 0 Å². The van der Waals surface area contributed by atoms with Crippen LogP contribution in [0, 0.1) is 0 Å². The van der Waals surface area contributed by atoms with Gasteiger partial charge in [-0.15, -0.1) is 0 Å². The maximum absolute atomic E-state index is 3.79. The zero-order valence-electron chi connectivity index (χ0n) is 8.22. The second kappa shape index (κ2) is 3.49. The van der Waals surface area contributed by atoms with Crippen LogP contribution < -0.4 is 0 Å². The second-order valence-corrected chi connectivity index (χ2v) is 6.51. The molecular weight excluding hydrogens is 304 g/mol. The number of halogens is 2. The lowest BCUT2D eigenvalue weighted by molar-refractivity contribution is 0.735. The molecule has 0 saturated carbocycles. The van der Waals surface area contributed by atoms with Gasteiger partial charge in [0.05, 0.1) is 9.15 Å². The number of allylic oxidation sites excluding steroid dienone is 2. The minimum Gasteiger partial charge on any atom is -0.0826 e. The van der Waals surface area contributed by atoms with Gasteiger partial charge < -0.3 is 0 Å². The van der Waals surface area contributed by atoms with Crippen LogP contribution >= 0.6 is 31.9 Å². The average molecular weight is 316 g/mol. The van der Waals surface area contributed by atoms with E-state index in [0.717, 1.165) is 0 Å². The topological polar surface area (TPSA) is 0 Å². The standard InChI is InChI=1S/C12H12Br2/c1-8-7-11(13)12(2,14)10-6-4-3-5-9(8)10/h3-7,11H,1-2H3. The molecule has 1 aromatic rings. The van der Waals surface area contributed by atoms with E-state index in [-0.39, 0.29) is 4.32 Å². The van der Waals surface area contributed by atoms with E-state index in [2.05, 4.69) is 76.0 Å². The fourth-order valence-electron chi connectivity index (χ4n) is 1.87. The first-order valence-corrected chi connectivity index (χ1v) is 6.35. The van der Waals surface area contributed by atoms with Gasteiger partial charge in [-0.25, -0.2) is 0 Å². The van der Waals surface area contributed by atoms with Crippen LogP contribution in [0.15, 0.2) is 30.3 Å². The van der Waals surface area contributed by atoms with E-state index in [1.165, 1.54) is 16.7 Å². The van der Waals surface area contributed by atoms with Crippen molar-refractivity contribution < 1.29 is 0 Å². The quantitative estimate of drug-likeness (QED) is 0.619. The Morgan fingerprint density at radius 3 is 2.64 bits per heavy atom. The summed E-state index contributed by atoms with van der Waals surface area (Å²) in [6.45, 7) is 4.36. The largest absolute Gasteiger partial charge is 0.0826 e. The van der Waals surface area contributed by atoms with Crippen molar-refractivity contribution in [2.75, 3.05) is 0 Å². The van der Waals surface area contributed by atoms with Crippen LogP contribution in [0.1, 0.15) is 25.0 Å². The molecule has 0 heterocycles. The highest BCUT2D eigenvalue weighted by Crippen LogP contribution is 2.46. The SMILES string of the molecule is CC1=CC(Br)C(C)(Br)c2ccccc21. The van der Waals surface area contributed by atoms with E-state index < -0.39 is 0 Å². The van der Waals surface area contributed by atoms with E-state index in [0.29, 0.717) is 4.83 Å². The van der Waals surface area contributed by atoms with Gasteiger partial charge in [0.2, 0.25) is 0 Å². The van der Waals surface area contributed by atoms with Gasteiger partial charge in [-0.2, -0.15) is 0 Å². The molecule has 0 aliphatic heterocycles. The Labute approximate surface area is 102 Å². The first-order chi connectivity index (χ1) is 6.53. The number of fused-ring (bicyclic) bond motifs is 1. The van der Waals surface area contributed by atoms with Gasteiger partial charge in [-0.05, 0) is 30.5 Å². The molecule has 1 aromatic carbocycles. The summed E-state index contributed by atoms with van der Waals surface area (Å²) in [6, 6.07) is 8.55. The maximum Gasteiger partial charge on any atom is 0.0643 e. The van der Waals surface area contributed by atoms with Crippen LogP contribution in [0.25, 0.3) is 5.57 Å². The predicted octanol–water partition coefficient (Wildman–Crippen LogP) is 4.48. The lowest BCUT2D eigenvalue weighted by Crippen LogP contribution is -2.28. The summed E-state index contributed by atoms with van der Waals surface area (Å²) in [5, 5.41) is 0. The van der Waals surface area contributed by atoms with Gasteiger partial charge in [-0.1, -0.05) is 62.2 Å². The highest BCUT2D eigenvalue weighted by atomic mass is 79.9. The number of rotatable bonds is 0. The summed E-state index contributed by atoms with van der Waals surface area (Å²) in [5.74, 6) is 0. The Bertz CT molecular complexity index is 391. The van der Waals surface area contributed by atoms with Gasteiger partial charge in [0.1, 0.15) is 0 Å². The van der Waals surface area contributed by atoms with E-state index in [1.54, 1.807) is 0 Å². The molecule has 0 N–H and O–H groups in total. The summed E-state index contributed by atoms with van der Waals surface area (Å²) < 4.78 is 0.00308. The highest BCUT2D eigenvalue weighted by molar-refractivity contribution is 9.12. The molecule has 0 radical (unpaired) electrons. The molecule has 2 atom stereocenters. The Morgan fingerprint density at radius 1 is 1.29 bits per heavy atom. The molecule has 1 aliphatic carbocycles. The third kappa shape index (κ3) is 1.49. The van der Waals surface area contributed by atoms with E-state index in [4.69, 9.17) is 0 Å². The monoisotopic (exact) mass is 314 g/mol. The molecule has 0 saturated heterocycles. The zero-order valence-corrected chi connectivity index (χ0v) is 11.4. The molecule has 2 unspecified atom stereocenters. The Morgan fingerprint density at radius 2 is 1.93 bits per heavy atom. The van der Waals surface area contributed by atoms with Gasteiger partial charge in [0.15, 0.2) is 0 Å². The summed E-state index contributed by atoms with van der Waals surface area (Å²) in [7, 11) is 0. The molecular formula is C12H12Br2. The van der Waals surface area contributed by atoms with Crippen LogP contribution in [0.5, 0.6) is 0 Å². The molecule has 0 nitrogen and oxygen atoms in total. The zero-order chi connectivity index (χ0) is 10.3. The van der Waals surface area contributed by atoms with E-state index in [9.17, 15) is 0 Å². The fraction of sp³-hybridized carbons (Fsp3) is 0.333.